The van der Waals surface area contributed by atoms with Gasteiger partial charge in [-0.05, 0) is 37.5 Å². The second-order valence-electron chi connectivity index (χ2n) is 5.51. The van der Waals surface area contributed by atoms with E-state index in [4.69, 9.17) is 0 Å². The van der Waals surface area contributed by atoms with E-state index >= 15 is 0 Å². The van der Waals surface area contributed by atoms with Gasteiger partial charge in [-0.2, -0.15) is 0 Å². The number of aryl methyl sites for hydroxylation is 3. The van der Waals surface area contributed by atoms with Crippen molar-refractivity contribution in [2.45, 2.75) is 33.7 Å². The average Bonchev–Trinajstić information content (AvgIpc) is 2.43. The van der Waals surface area contributed by atoms with Crippen LogP contribution in [0.25, 0.3) is 0 Å². The summed E-state index contributed by atoms with van der Waals surface area (Å²) in [6, 6.07) is 11.5. The molecule has 110 valence electrons. The molecule has 0 radical (unpaired) electrons. The molecule has 2 aromatic carbocycles. The lowest BCUT2D eigenvalue weighted by atomic mass is 9.92. The molecule has 1 unspecified atom stereocenters. The van der Waals surface area contributed by atoms with E-state index in [1.165, 1.54) is 6.92 Å². The molecule has 21 heavy (non-hydrogen) atoms. The monoisotopic (exact) mass is 283 g/mol. The van der Waals surface area contributed by atoms with Crippen LogP contribution in [0, 0.1) is 20.8 Å². The molecule has 2 N–H and O–H groups in total. The van der Waals surface area contributed by atoms with E-state index in [9.17, 15) is 9.90 Å². The standard InChI is InChI=1S/C18H21NO2/c1-11-5-9-15(10-6-11)17(19-14(4)20)16-12(2)7-8-13(3)18(16)21/h5-10,17,21H,1-4H3,(H,19,20). The first-order valence-corrected chi connectivity index (χ1v) is 7.03. The number of phenols is 1. The number of nitrogens with one attached hydrogen (secondary N) is 1. The first kappa shape index (κ1) is 15.1. The molecule has 0 aliphatic rings. The summed E-state index contributed by atoms with van der Waals surface area (Å²) in [5.41, 5.74) is 4.63. The summed E-state index contributed by atoms with van der Waals surface area (Å²) in [7, 11) is 0. The van der Waals surface area contributed by atoms with Gasteiger partial charge in [-0.1, -0.05) is 42.0 Å². The van der Waals surface area contributed by atoms with Gasteiger partial charge in [0.15, 0.2) is 0 Å². The van der Waals surface area contributed by atoms with Gasteiger partial charge in [-0.15, -0.1) is 0 Å². The molecule has 1 amide bonds. The van der Waals surface area contributed by atoms with E-state index in [-0.39, 0.29) is 17.7 Å². The third-order valence-corrected chi connectivity index (χ3v) is 3.68. The van der Waals surface area contributed by atoms with Gasteiger partial charge in [0.1, 0.15) is 5.75 Å². The summed E-state index contributed by atoms with van der Waals surface area (Å²) >= 11 is 0. The van der Waals surface area contributed by atoms with Crippen molar-refractivity contribution in [2.75, 3.05) is 0 Å². The number of amides is 1. The van der Waals surface area contributed by atoms with Crippen molar-refractivity contribution in [3.63, 3.8) is 0 Å². The van der Waals surface area contributed by atoms with Gasteiger partial charge in [0, 0.05) is 12.5 Å². The maximum atomic E-state index is 11.6. The third kappa shape index (κ3) is 3.24. The van der Waals surface area contributed by atoms with Crippen LogP contribution in [0.4, 0.5) is 0 Å². The number of rotatable bonds is 3. The van der Waals surface area contributed by atoms with Crippen LogP contribution in [0.15, 0.2) is 36.4 Å². The van der Waals surface area contributed by atoms with Crippen LogP contribution < -0.4 is 5.32 Å². The molecule has 0 bridgehead atoms. The Morgan fingerprint density at radius 1 is 1.00 bits per heavy atom. The minimum atomic E-state index is -0.344. The van der Waals surface area contributed by atoms with Crippen LogP contribution in [-0.4, -0.2) is 11.0 Å². The van der Waals surface area contributed by atoms with Crippen molar-refractivity contribution >= 4 is 5.91 Å². The topological polar surface area (TPSA) is 49.3 Å². The maximum absolute atomic E-state index is 11.6. The Balaban J connectivity index is 2.58. The number of carbonyl (C=O) groups is 1. The molecular formula is C18H21NO2. The predicted octanol–water partition coefficient (Wildman–Crippen LogP) is 3.54. The molecule has 3 nitrogen and oxygen atoms in total. The van der Waals surface area contributed by atoms with Crippen molar-refractivity contribution in [3.05, 3.63) is 64.2 Å². The van der Waals surface area contributed by atoms with Crippen LogP contribution in [-0.2, 0) is 4.79 Å². The lowest BCUT2D eigenvalue weighted by Crippen LogP contribution is -2.27. The number of phenolic OH excluding ortho intramolecular Hbond substituents is 1. The number of carbonyl (C=O) groups excluding carboxylic acids is 1. The average molecular weight is 283 g/mol. The number of hydrogen-bond acceptors (Lipinski definition) is 2. The molecule has 0 aliphatic carbocycles. The van der Waals surface area contributed by atoms with Crippen molar-refractivity contribution in [1.82, 2.24) is 5.32 Å². The van der Waals surface area contributed by atoms with Crippen molar-refractivity contribution in [1.29, 1.82) is 0 Å². The van der Waals surface area contributed by atoms with Crippen LogP contribution in [0.3, 0.4) is 0 Å². The Labute approximate surface area is 125 Å². The Kier molecular flexibility index (Phi) is 4.32. The number of hydrogen-bond donors (Lipinski definition) is 2. The molecule has 0 saturated carbocycles. The van der Waals surface area contributed by atoms with E-state index < -0.39 is 0 Å². The zero-order valence-corrected chi connectivity index (χ0v) is 12.9. The summed E-state index contributed by atoms with van der Waals surface area (Å²) in [4.78, 5) is 11.6. The van der Waals surface area contributed by atoms with E-state index in [2.05, 4.69) is 5.32 Å². The lowest BCUT2D eigenvalue weighted by Gasteiger charge is -2.23. The van der Waals surface area contributed by atoms with Gasteiger partial charge >= 0.3 is 0 Å². The van der Waals surface area contributed by atoms with Gasteiger partial charge in [0.2, 0.25) is 5.91 Å². The fourth-order valence-corrected chi connectivity index (χ4v) is 2.47. The smallest absolute Gasteiger partial charge is 0.217 e. The van der Waals surface area contributed by atoms with Gasteiger partial charge in [0.25, 0.3) is 0 Å². The zero-order chi connectivity index (χ0) is 15.6. The summed E-state index contributed by atoms with van der Waals surface area (Å²) in [5, 5.41) is 13.4. The Morgan fingerprint density at radius 3 is 2.14 bits per heavy atom. The van der Waals surface area contributed by atoms with Crippen molar-refractivity contribution in [3.8, 4) is 5.75 Å². The molecule has 2 aromatic rings. The molecule has 0 saturated heterocycles. The van der Waals surface area contributed by atoms with Crippen LogP contribution in [0.1, 0.15) is 40.8 Å². The Morgan fingerprint density at radius 2 is 1.57 bits per heavy atom. The second-order valence-corrected chi connectivity index (χ2v) is 5.51. The summed E-state index contributed by atoms with van der Waals surface area (Å²) in [6.07, 6.45) is 0. The van der Waals surface area contributed by atoms with Crippen molar-refractivity contribution in [2.24, 2.45) is 0 Å². The highest BCUT2D eigenvalue weighted by Crippen LogP contribution is 2.34. The number of aromatic hydroxyl groups is 1. The quantitative estimate of drug-likeness (QED) is 0.905. The Bertz CT molecular complexity index is 660. The molecule has 0 heterocycles. The first-order valence-electron chi connectivity index (χ1n) is 7.03. The zero-order valence-electron chi connectivity index (χ0n) is 12.9. The fraction of sp³-hybridized carbons (Fsp3) is 0.278. The summed E-state index contributed by atoms with van der Waals surface area (Å²) < 4.78 is 0. The highest BCUT2D eigenvalue weighted by molar-refractivity contribution is 5.74. The number of benzene rings is 2. The van der Waals surface area contributed by atoms with Crippen LogP contribution in [0.5, 0.6) is 5.75 Å². The highest BCUT2D eigenvalue weighted by atomic mass is 16.3. The van der Waals surface area contributed by atoms with Crippen LogP contribution in [0.2, 0.25) is 0 Å². The van der Waals surface area contributed by atoms with E-state index in [1.807, 2.05) is 57.2 Å². The lowest BCUT2D eigenvalue weighted by molar-refractivity contribution is -0.119. The summed E-state index contributed by atoms with van der Waals surface area (Å²) in [5.74, 6) is 0.121. The maximum Gasteiger partial charge on any atom is 0.217 e. The van der Waals surface area contributed by atoms with E-state index in [0.717, 1.165) is 27.8 Å². The predicted molar refractivity (Wildman–Crippen MR) is 84.4 cm³/mol. The normalized spacial score (nSPS) is 12.0. The van der Waals surface area contributed by atoms with E-state index in [1.54, 1.807) is 0 Å². The molecule has 3 heteroatoms. The van der Waals surface area contributed by atoms with Gasteiger partial charge in [-0.25, -0.2) is 0 Å². The SMILES string of the molecule is CC(=O)NC(c1ccc(C)cc1)c1c(C)ccc(C)c1O. The largest absolute Gasteiger partial charge is 0.507 e. The molecule has 0 aromatic heterocycles. The van der Waals surface area contributed by atoms with Gasteiger partial charge < -0.3 is 10.4 Å². The van der Waals surface area contributed by atoms with Crippen LogP contribution >= 0.6 is 0 Å². The highest BCUT2D eigenvalue weighted by Gasteiger charge is 2.21. The van der Waals surface area contributed by atoms with Gasteiger partial charge in [-0.3, -0.25) is 4.79 Å². The fourth-order valence-electron chi connectivity index (χ4n) is 2.47. The van der Waals surface area contributed by atoms with E-state index in [0.29, 0.717) is 0 Å². The molecule has 0 fully saturated rings. The summed E-state index contributed by atoms with van der Waals surface area (Å²) in [6.45, 7) is 7.31. The minimum Gasteiger partial charge on any atom is -0.507 e. The minimum absolute atomic E-state index is 0.124. The van der Waals surface area contributed by atoms with Gasteiger partial charge in [0.05, 0.1) is 6.04 Å². The molecule has 1 atom stereocenters. The van der Waals surface area contributed by atoms with Crippen molar-refractivity contribution < 1.29 is 9.90 Å². The molecule has 0 spiro atoms. The molecular weight excluding hydrogens is 262 g/mol. The second kappa shape index (κ2) is 6.00. The first-order chi connectivity index (χ1) is 9.90. The molecule has 2 rings (SSSR count). The molecule has 0 aliphatic heterocycles. The Hall–Kier alpha value is -2.29. The third-order valence-electron chi connectivity index (χ3n) is 3.68.